The van der Waals surface area contributed by atoms with Crippen molar-refractivity contribution in [2.24, 2.45) is 11.8 Å². The van der Waals surface area contributed by atoms with Crippen molar-refractivity contribution in [3.8, 4) is 0 Å². The van der Waals surface area contributed by atoms with Crippen molar-refractivity contribution in [3.05, 3.63) is 36.5 Å². The highest BCUT2D eigenvalue weighted by atomic mass is 31.2. The molecule has 9 N–H and O–H groups in total. The zero-order valence-corrected chi connectivity index (χ0v) is 40.4. The number of fused-ring (bicyclic) bond motifs is 4. The monoisotopic (exact) mass is 984 g/mol. The van der Waals surface area contributed by atoms with Crippen LogP contribution in [0.1, 0.15) is 149 Å². The molecule has 0 radical (unpaired) electrons. The Morgan fingerprint density at radius 3 is 2.21 bits per heavy atom. The Morgan fingerprint density at radius 1 is 0.833 bits per heavy atom. The van der Waals surface area contributed by atoms with Gasteiger partial charge in [0, 0.05) is 25.2 Å². The molecule has 2 aliphatic rings. The number of hydrogen-bond acceptors (Lipinski definition) is 16. The molecular weight excluding hydrogens is 906 g/mol. The van der Waals surface area contributed by atoms with E-state index in [9.17, 15) is 68.8 Å². The maximum absolute atomic E-state index is 13.9. The summed E-state index contributed by atoms with van der Waals surface area (Å²) in [5, 5.41) is 68.1. The Labute approximate surface area is 389 Å². The highest BCUT2D eigenvalue weighted by Crippen LogP contribution is 2.49. The Hall–Kier alpha value is -2.19. The lowest BCUT2D eigenvalue weighted by atomic mass is 9.82. The summed E-state index contributed by atoms with van der Waals surface area (Å²) in [6, 6.07) is 0. The number of aliphatic hydroxyl groups is 6. The van der Waals surface area contributed by atoms with Crippen molar-refractivity contribution in [1.29, 1.82) is 0 Å². The predicted octanol–water partition coefficient (Wildman–Crippen LogP) is 5.32. The maximum atomic E-state index is 13.9. The number of allylic oxidation sites excluding steroid dienone is 4. The molecule has 1 saturated heterocycles. The number of carbonyl (C=O) groups is 3. The summed E-state index contributed by atoms with van der Waals surface area (Å²) < 4.78 is 52.1. The normalized spacial score (nSPS) is 31.4. The number of unbranched alkanes of at least 4 members (excludes halogenated alkanes) is 8. The molecule has 382 valence electrons. The summed E-state index contributed by atoms with van der Waals surface area (Å²) in [6.07, 6.45) is 2.19. The Kier molecular flexibility index (Phi) is 29.6. The Balaban J connectivity index is 2.42. The lowest BCUT2D eigenvalue weighted by molar-refractivity contribution is -0.165. The Morgan fingerprint density at radius 2 is 1.52 bits per heavy atom. The lowest BCUT2D eigenvalue weighted by Crippen LogP contribution is -2.56. The van der Waals surface area contributed by atoms with Gasteiger partial charge in [-0.25, -0.2) is 9.13 Å². The highest BCUT2D eigenvalue weighted by molar-refractivity contribution is 7.47. The number of ketones is 1. The maximum Gasteiger partial charge on any atom is 0.472 e. The molecule has 0 aromatic rings. The number of Topliss-reactive ketones (excluding diaryl/α,β-unsaturated/α-hetero) is 1. The van der Waals surface area contributed by atoms with Gasteiger partial charge in [0.05, 0.1) is 36.9 Å². The number of ether oxygens (including phenoxy) is 2. The van der Waals surface area contributed by atoms with Gasteiger partial charge in [-0.1, -0.05) is 115 Å². The average molecular weight is 985 g/mol. The van der Waals surface area contributed by atoms with Crippen LogP contribution in [0, 0.1) is 11.8 Å². The number of rotatable bonds is 21. The van der Waals surface area contributed by atoms with Crippen molar-refractivity contribution in [2.75, 3.05) is 13.2 Å². The number of aliphatic hydroxyl groups excluding tert-OH is 6. The molecular formula is C45H78O19P2. The molecule has 1 heterocycles. The van der Waals surface area contributed by atoms with Gasteiger partial charge in [0.1, 0.15) is 36.8 Å². The van der Waals surface area contributed by atoms with Gasteiger partial charge in [-0.2, -0.15) is 0 Å². The van der Waals surface area contributed by atoms with Crippen LogP contribution < -0.4 is 0 Å². The minimum atomic E-state index is -5.79. The number of cyclic esters (lactones) is 1. The van der Waals surface area contributed by atoms with Crippen LogP contribution in [0.4, 0.5) is 0 Å². The van der Waals surface area contributed by atoms with Crippen molar-refractivity contribution >= 4 is 33.4 Å². The smallest absolute Gasteiger partial charge is 0.462 e. The van der Waals surface area contributed by atoms with Crippen LogP contribution >= 0.6 is 15.6 Å². The minimum Gasteiger partial charge on any atom is -0.462 e. The van der Waals surface area contributed by atoms with Gasteiger partial charge >= 0.3 is 27.6 Å². The fraction of sp³-hybridized carbons (Fsp3) is 0.800. The fourth-order valence-electron chi connectivity index (χ4n) is 7.81. The summed E-state index contributed by atoms with van der Waals surface area (Å²) in [7, 11) is -11.5. The summed E-state index contributed by atoms with van der Waals surface area (Å²) in [5.41, 5.74) is 0. The second-order valence-corrected chi connectivity index (χ2v) is 19.9. The van der Waals surface area contributed by atoms with E-state index in [1.807, 2.05) is 6.92 Å². The molecule has 1 aliphatic carbocycles. The molecule has 0 aromatic carbocycles. The quantitative estimate of drug-likeness (QED) is 0.0304. The first-order valence-electron chi connectivity index (χ1n) is 23.6. The van der Waals surface area contributed by atoms with Crippen LogP contribution in [0.15, 0.2) is 36.5 Å². The van der Waals surface area contributed by atoms with Crippen LogP contribution in [-0.2, 0) is 46.6 Å². The molecule has 0 amide bonds. The van der Waals surface area contributed by atoms with E-state index in [1.54, 1.807) is 0 Å². The number of phosphoric ester groups is 2. The molecule has 1 aliphatic heterocycles. The molecule has 1 saturated carbocycles. The van der Waals surface area contributed by atoms with E-state index >= 15 is 0 Å². The second-order valence-electron chi connectivity index (χ2n) is 17.3. The molecule has 12 atom stereocenters. The summed E-state index contributed by atoms with van der Waals surface area (Å²) in [6.45, 7) is 2.47. The SMILES string of the molecule is CCC/C=C\C/C=C\CCCCCCCC(=O)O[C@@H]1COC(=O)CCCCCC[C@@H]2[C@@H](O)[C@H](O)[C@@H](O)[C@H](OP(=O)(O)OC1)[C@H](OP(=O)(O)O)[C@H](O)[C@@H](/C=C/[C@@H](O)CCCCC)C(=O)C[C@@H]2O. The Bertz CT molecular complexity index is 1580. The van der Waals surface area contributed by atoms with E-state index in [1.165, 1.54) is 0 Å². The van der Waals surface area contributed by atoms with Gasteiger partial charge < -0.3 is 54.8 Å². The summed E-state index contributed by atoms with van der Waals surface area (Å²) in [4.78, 5) is 70.6. The summed E-state index contributed by atoms with van der Waals surface area (Å²) >= 11 is 0. The molecule has 0 aromatic heterocycles. The van der Waals surface area contributed by atoms with E-state index in [4.69, 9.17) is 23.0 Å². The largest absolute Gasteiger partial charge is 0.472 e. The molecule has 66 heavy (non-hydrogen) atoms. The van der Waals surface area contributed by atoms with E-state index in [-0.39, 0.29) is 32.1 Å². The van der Waals surface area contributed by atoms with Gasteiger partial charge in [-0.05, 0) is 51.4 Å². The van der Waals surface area contributed by atoms with Crippen molar-refractivity contribution in [2.45, 2.75) is 204 Å². The highest BCUT2D eigenvalue weighted by Gasteiger charge is 2.51. The van der Waals surface area contributed by atoms with Crippen LogP contribution in [0.2, 0.25) is 0 Å². The number of esters is 2. The predicted molar refractivity (Wildman–Crippen MR) is 242 cm³/mol. The molecule has 1 unspecified atom stereocenters. The molecule has 0 spiro atoms. The number of hydrogen-bond donors (Lipinski definition) is 9. The first kappa shape index (κ1) is 59.9. The number of carbonyl (C=O) groups excluding carboxylic acids is 3. The van der Waals surface area contributed by atoms with E-state index in [0.29, 0.717) is 38.5 Å². The van der Waals surface area contributed by atoms with Gasteiger partial charge in [-0.15, -0.1) is 0 Å². The van der Waals surface area contributed by atoms with Crippen LogP contribution in [0.3, 0.4) is 0 Å². The molecule has 2 fully saturated rings. The first-order chi connectivity index (χ1) is 31.3. The van der Waals surface area contributed by atoms with Crippen molar-refractivity contribution in [3.63, 3.8) is 0 Å². The van der Waals surface area contributed by atoms with Gasteiger partial charge in [0.2, 0.25) is 0 Å². The molecule has 2 bridgehead atoms. The van der Waals surface area contributed by atoms with Crippen LogP contribution in [-0.4, -0.2) is 131 Å². The second kappa shape index (κ2) is 32.6. The van der Waals surface area contributed by atoms with Crippen LogP contribution in [0.5, 0.6) is 0 Å². The third kappa shape index (κ3) is 24.4. The van der Waals surface area contributed by atoms with E-state index < -0.39 is 120 Å². The van der Waals surface area contributed by atoms with Crippen molar-refractivity contribution in [1.82, 2.24) is 0 Å². The third-order valence-corrected chi connectivity index (χ3v) is 13.1. The van der Waals surface area contributed by atoms with E-state index in [0.717, 1.165) is 69.9 Å². The van der Waals surface area contributed by atoms with Crippen molar-refractivity contribution < 1.29 is 91.9 Å². The fourth-order valence-corrected chi connectivity index (χ4v) is 9.34. The van der Waals surface area contributed by atoms with Crippen LogP contribution in [0.25, 0.3) is 0 Å². The minimum absolute atomic E-state index is 0.0463. The lowest BCUT2D eigenvalue weighted by Gasteiger charge is -2.38. The standard InChI is InChI=1S/C45H78O19P2/c1-3-5-7-8-9-10-11-12-13-14-15-16-22-26-39(50)62-33-30-60-38(49)25-21-18-17-20-24-34-36(47)29-37(48)35(28-27-32(46)23-19-6-4-2)41(52)44(63-65(55,56)57)45(43(54)42(53)40(34)51)64-66(58,59)61-31-33/h7-8,10-11,27-28,32-36,40-47,51-54H,3-6,9,12-26,29-31H2,1-2H3,(H,58,59)(H2,55,56,57)/b8-7-,11-10-,28-27+/t32-,33+,34-,35-,36-,40+,41+,42-,43+,44+,45-/m0/s1. The topological polar surface area (TPSA) is 314 Å². The zero-order chi connectivity index (χ0) is 49.1. The first-order valence-corrected chi connectivity index (χ1v) is 26.7. The van der Waals surface area contributed by atoms with Gasteiger partial charge in [-0.3, -0.25) is 28.0 Å². The third-order valence-electron chi connectivity index (χ3n) is 11.6. The number of phosphoric acid groups is 2. The van der Waals surface area contributed by atoms with Gasteiger partial charge in [0.15, 0.2) is 6.10 Å². The average Bonchev–Trinajstić information content (AvgIpc) is 3.25. The van der Waals surface area contributed by atoms with E-state index in [2.05, 4.69) is 31.2 Å². The summed E-state index contributed by atoms with van der Waals surface area (Å²) in [5.74, 6) is -5.66. The molecule has 19 nitrogen and oxygen atoms in total. The zero-order valence-electron chi connectivity index (χ0n) is 38.6. The molecule has 21 heteroatoms. The molecule has 2 rings (SSSR count). The van der Waals surface area contributed by atoms with Gasteiger partial charge in [0.25, 0.3) is 0 Å².